The van der Waals surface area contributed by atoms with E-state index in [1.54, 1.807) is 18.2 Å². The minimum absolute atomic E-state index is 0.0625. The molecule has 114 valence electrons. The number of carboxylic acids is 1. The highest BCUT2D eigenvalue weighted by atomic mass is 32.1. The highest BCUT2D eigenvalue weighted by Crippen LogP contribution is 2.16. The molecule has 0 aliphatic carbocycles. The van der Waals surface area contributed by atoms with Crippen LogP contribution in [0.1, 0.15) is 15.9 Å². The van der Waals surface area contributed by atoms with E-state index in [1.807, 2.05) is 30.3 Å². The van der Waals surface area contributed by atoms with E-state index in [2.05, 4.69) is 15.3 Å². The van der Waals surface area contributed by atoms with Crippen molar-refractivity contribution >= 4 is 24.4 Å². The molecule has 0 saturated carbocycles. The number of benzene rings is 2. The molecule has 0 bridgehead atoms. The van der Waals surface area contributed by atoms with Gasteiger partial charge < -0.3 is 9.90 Å². The number of hydrogen-bond acceptors (Lipinski definition) is 5. The second-order valence-electron chi connectivity index (χ2n) is 4.65. The first-order valence-electron chi connectivity index (χ1n) is 6.74. The first kappa shape index (κ1) is 14.9. The molecular formula is C16H11N4O2S-. The van der Waals surface area contributed by atoms with Crippen molar-refractivity contribution < 1.29 is 9.90 Å². The second kappa shape index (κ2) is 6.37. The maximum Gasteiger partial charge on any atom is 0.216 e. The molecule has 1 aromatic heterocycles. The van der Waals surface area contributed by atoms with E-state index in [4.69, 9.17) is 12.2 Å². The van der Waals surface area contributed by atoms with Gasteiger partial charge in [-0.3, -0.25) is 0 Å². The number of rotatable bonds is 4. The summed E-state index contributed by atoms with van der Waals surface area (Å²) < 4.78 is 1.75. The summed E-state index contributed by atoms with van der Waals surface area (Å²) in [6.07, 6.45) is 1.42. The number of carbonyl (C=O) groups excluding carboxylic acids is 1. The number of aromatic carboxylic acids is 1. The van der Waals surface area contributed by atoms with Crippen LogP contribution in [0.5, 0.6) is 0 Å². The summed E-state index contributed by atoms with van der Waals surface area (Å²) in [7, 11) is 0. The lowest BCUT2D eigenvalue weighted by Crippen LogP contribution is -2.23. The lowest BCUT2D eigenvalue weighted by molar-refractivity contribution is -0.255. The summed E-state index contributed by atoms with van der Waals surface area (Å²) in [5.41, 5.74) is 1.33. The summed E-state index contributed by atoms with van der Waals surface area (Å²) in [5.74, 6) is -0.719. The summed E-state index contributed by atoms with van der Waals surface area (Å²) in [6.45, 7) is 0. The number of H-pyrrole nitrogens is 1. The Bertz CT molecular complexity index is 929. The van der Waals surface area contributed by atoms with Crippen molar-refractivity contribution in [1.29, 1.82) is 0 Å². The van der Waals surface area contributed by atoms with Gasteiger partial charge in [-0.15, -0.1) is 0 Å². The predicted octanol–water partition coefficient (Wildman–Crippen LogP) is 1.85. The Labute approximate surface area is 136 Å². The third-order valence-electron chi connectivity index (χ3n) is 3.18. The topological polar surface area (TPSA) is 86.1 Å². The van der Waals surface area contributed by atoms with E-state index in [-0.39, 0.29) is 5.56 Å². The van der Waals surface area contributed by atoms with Gasteiger partial charge in [0.2, 0.25) is 4.77 Å². The molecule has 0 aliphatic rings. The van der Waals surface area contributed by atoms with Gasteiger partial charge in [-0.1, -0.05) is 54.6 Å². The summed E-state index contributed by atoms with van der Waals surface area (Å²) >= 11 is 5.18. The maximum absolute atomic E-state index is 11.1. The third-order valence-corrected chi connectivity index (χ3v) is 3.44. The third kappa shape index (κ3) is 3.09. The van der Waals surface area contributed by atoms with Crippen LogP contribution in [-0.2, 0) is 0 Å². The number of carbonyl (C=O) groups is 1. The lowest BCUT2D eigenvalue weighted by atomic mass is 10.1. The minimum atomic E-state index is -1.26. The predicted molar refractivity (Wildman–Crippen MR) is 86.6 cm³/mol. The van der Waals surface area contributed by atoms with Crippen molar-refractivity contribution in [2.75, 3.05) is 0 Å². The minimum Gasteiger partial charge on any atom is -0.545 e. The molecule has 0 aliphatic heterocycles. The molecule has 6 nitrogen and oxygen atoms in total. The molecule has 23 heavy (non-hydrogen) atoms. The average molecular weight is 323 g/mol. The van der Waals surface area contributed by atoms with Gasteiger partial charge in [0.25, 0.3) is 0 Å². The zero-order valence-corrected chi connectivity index (χ0v) is 12.7. The molecule has 0 unspecified atom stereocenters. The fourth-order valence-electron chi connectivity index (χ4n) is 2.09. The molecule has 0 fully saturated rings. The van der Waals surface area contributed by atoms with Crippen LogP contribution in [0, 0.1) is 4.77 Å². The van der Waals surface area contributed by atoms with Crippen LogP contribution < -0.4 is 5.11 Å². The van der Waals surface area contributed by atoms with Gasteiger partial charge in [-0.05, 0) is 12.2 Å². The fraction of sp³-hybridized carbons (Fsp3) is 0. The maximum atomic E-state index is 11.1. The molecular weight excluding hydrogens is 312 g/mol. The van der Waals surface area contributed by atoms with Crippen LogP contribution in [-0.4, -0.2) is 27.1 Å². The molecule has 0 spiro atoms. The number of carboxylic acid groups (broad SMARTS) is 1. The number of aromatic amines is 1. The van der Waals surface area contributed by atoms with Gasteiger partial charge in [-0.2, -0.15) is 14.9 Å². The molecule has 2 aromatic carbocycles. The summed E-state index contributed by atoms with van der Waals surface area (Å²) in [6, 6.07) is 15.9. The monoisotopic (exact) mass is 323 g/mol. The highest BCUT2D eigenvalue weighted by Gasteiger charge is 2.07. The van der Waals surface area contributed by atoms with Crippen LogP contribution in [0.25, 0.3) is 11.4 Å². The molecule has 0 atom stereocenters. The molecule has 0 amide bonds. The van der Waals surface area contributed by atoms with E-state index in [0.29, 0.717) is 16.2 Å². The molecule has 0 saturated heterocycles. The van der Waals surface area contributed by atoms with Crippen molar-refractivity contribution in [1.82, 2.24) is 14.9 Å². The number of nitrogens with one attached hydrogen (secondary N) is 1. The highest BCUT2D eigenvalue weighted by molar-refractivity contribution is 7.71. The van der Waals surface area contributed by atoms with Crippen molar-refractivity contribution in [3.05, 3.63) is 70.5 Å². The van der Waals surface area contributed by atoms with Crippen LogP contribution in [0.2, 0.25) is 0 Å². The molecule has 0 radical (unpaired) electrons. The zero-order chi connectivity index (χ0) is 16.2. The first-order chi connectivity index (χ1) is 11.2. The molecule has 3 aromatic rings. The Morgan fingerprint density at radius 3 is 2.61 bits per heavy atom. The van der Waals surface area contributed by atoms with E-state index in [9.17, 15) is 9.90 Å². The Kier molecular flexibility index (Phi) is 4.11. The standard InChI is InChI=1S/C16H12N4O2S/c21-15(22)13-9-5-4-8-12(13)10-17-20-14(18-19-16(20)23)11-6-2-1-3-7-11/h1-10H,(H,19,23)(H,21,22)/p-1/b17-10-. The van der Waals surface area contributed by atoms with E-state index >= 15 is 0 Å². The zero-order valence-electron chi connectivity index (χ0n) is 11.8. The van der Waals surface area contributed by atoms with Gasteiger partial charge in [0.1, 0.15) is 0 Å². The van der Waals surface area contributed by atoms with Crippen LogP contribution in [0.3, 0.4) is 0 Å². The van der Waals surface area contributed by atoms with Crippen molar-refractivity contribution in [3.63, 3.8) is 0 Å². The summed E-state index contributed by atoms with van der Waals surface area (Å²) in [4.78, 5) is 11.1. The van der Waals surface area contributed by atoms with E-state index in [0.717, 1.165) is 5.56 Å². The number of nitrogens with zero attached hydrogens (tertiary/aromatic N) is 3. The van der Waals surface area contributed by atoms with E-state index in [1.165, 1.54) is 17.0 Å². The van der Waals surface area contributed by atoms with E-state index < -0.39 is 5.97 Å². The smallest absolute Gasteiger partial charge is 0.216 e. The Morgan fingerprint density at radius 1 is 1.17 bits per heavy atom. The van der Waals surface area contributed by atoms with Crippen molar-refractivity contribution in [3.8, 4) is 11.4 Å². The Balaban J connectivity index is 2.04. The van der Waals surface area contributed by atoms with Gasteiger partial charge in [0.15, 0.2) is 5.82 Å². The van der Waals surface area contributed by atoms with Gasteiger partial charge >= 0.3 is 0 Å². The van der Waals surface area contributed by atoms with Gasteiger partial charge in [0, 0.05) is 16.7 Å². The van der Waals surface area contributed by atoms with Gasteiger partial charge in [-0.25, -0.2) is 5.10 Å². The van der Waals surface area contributed by atoms with Crippen LogP contribution >= 0.6 is 12.2 Å². The largest absolute Gasteiger partial charge is 0.545 e. The Hall–Kier alpha value is -3.06. The SMILES string of the molecule is O=C([O-])c1ccccc1/C=N\n1c(-c2ccccc2)n[nH]c1=S. The molecule has 1 heterocycles. The Morgan fingerprint density at radius 2 is 1.87 bits per heavy atom. The lowest BCUT2D eigenvalue weighted by Gasteiger charge is -2.06. The summed E-state index contributed by atoms with van der Waals surface area (Å²) in [5, 5.41) is 22.2. The average Bonchev–Trinajstić information content (AvgIpc) is 2.94. The molecule has 1 N–H and O–H groups in total. The second-order valence-corrected chi connectivity index (χ2v) is 5.04. The quantitative estimate of drug-likeness (QED) is 0.586. The van der Waals surface area contributed by atoms with Crippen molar-refractivity contribution in [2.45, 2.75) is 0 Å². The van der Waals surface area contributed by atoms with Crippen LogP contribution in [0.15, 0.2) is 59.7 Å². The number of hydrogen-bond donors (Lipinski definition) is 1. The first-order valence-corrected chi connectivity index (χ1v) is 7.15. The molecule has 3 rings (SSSR count). The normalized spacial score (nSPS) is 11.0. The fourth-order valence-corrected chi connectivity index (χ4v) is 2.27. The van der Waals surface area contributed by atoms with Gasteiger partial charge in [0.05, 0.1) is 12.2 Å². The molecule has 7 heteroatoms. The van der Waals surface area contributed by atoms with Crippen molar-refractivity contribution in [2.24, 2.45) is 5.10 Å². The number of aromatic nitrogens is 3. The van der Waals surface area contributed by atoms with Crippen LogP contribution in [0.4, 0.5) is 0 Å².